The number of urea groups is 1. The molecule has 1 fully saturated rings. The molecule has 1 aliphatic heterocycles. The van der Waals surface area contributed by atoms with Crippen molar-refractivity contribution in [1.29, 1.82) is 0 Å². The molecule has 3 aromatic rings. The number of rotatable bonds is 6. The van der Waals surface area contributed by atoms with Gasteiger partial charge in [-0.3, -0.25) is 14.6 Å². The van der Waals surface area contributed by atoms with Gasteiger partial charge in [0.1, 0.15) is 11.2 Å². The molecule has 2 aromatic carbocycles. The van der Waals surface area contributed by atoms with Gasteiger partial charge in [-0.05, 0) is 49.7 Å². The Balaban J connectivity index is 1.61. The molecule has 1 aromatic heterocycles. The lowest BCUT2D eigenvalue weighted by molar-refractivity contribution is -0.124. The van der Waals surface area contributed by atoms with Crippen LogP contribution in [0.5, 0.6) is 0 Å². The van der Waals surface area contributed by atoms with Crippen LogP contribution in [0, 0.1) is 0 Å². The predicted molar refractivity (Wildman–Crippen MR) is 127 cm³/mol. The van der Waals surface area contributed by atoms with Crippen LogP contribution in [-0.2, 0) is 11.2 Å². The number of halogens is 1. The molecule has 1 N–H and O–H groups in total. The average molecular weight is 463 g/mol. The smallest absolute Gasteiger partial charge is 0.321 e. The number of benzene rings is 2. The minimum absolute atomic E-state index is 0.176. The monoisotopic (exact) mass is 462 g/mol. The highest BCUT2D eigenvalue weighted by Gasteiger charge is 2.54. The number of hydrogen-bond acceptors (Lipinski definition) is 4. The number of nitrogens with one attached hydrogen (secondary N) is 1. The van der Waals surface area contributed by atoms with Crippen LogP contribution < -0.4 is 10.2 Å². The van der Waals surface area contributed by atoms with Crippen LogP contribution in [0.4, 0.5) is 16.2 Å². The van der Waals surface area contributed by atoms with Crippen molar-refractivity contribution in [2.45, 2.75) is 25.8 Å². The lowest BCUT2D eigenvalue weighted by Gasteiger charge is -2.30. The van der Waals surface area contributed by atoms with E-state index in [0.717, 1.165) is 10.5 Å². The van der Waals surface area contributed by atoms with Gasteiger partial charge in [0, 0.05) is 24.8 Å². The average Bonchev–Trinajstić information content (AvgIpc) is 2.99. The van der Waals surface area contributed by atoms with E-state index in [4.69, 9.17) is 11.6 Å². The van der Waals surface area contributed by atoms with E-state index in [2.05, 4.69) is 10.3 Å². The Morgan fingerprint density at radius 1 is 1.06 bits per heavy atom. The second-order valence-corrected chi connectivity index (χ2v) is 8.35. The number of carbonyl (C=O) groups is 3. The van der Waals surface area contributed by atoms with Gasteiger partial charge in [-0.15, -0.1) is 0 Å². The van der Waals surface area contributed by atoms with E-state index in [0.29, 0.717) is 18.7 Å². The molecule has 4 amide bonds. The van der Waals surface area contributed by atoms with Crippen molar-refractivity contribution >= 4 is 40.8 Å². The van der Waals surface area contributed by atoms with Gasteiger partial charge in [-0.1, -0.05) is 48.0 Å². The van der Waals surface area contributed by atoms with E-state index in [1.165, 1.54) is 12.3 Å². The van der Waals surface area contributed by atoms with E-state index in [9.17, 15) is 14.4 Å². The summed E-state index contributed by atoms with van der Waals surface area (Å²) in [4.78, 5) is 45.9. The highest BCUT2D eigenvalue weighted by Crippen LogP contribution is 2.38. The molecule has 0 unspecified atom stereocenters. The van der Waals surface area contributed by atoms with Crippen molar-refractivity contribution in [2.75, 3.05) is 16.8 Å². The summed E-state index contributed by atoms with van der Waals surface area (Å²) in [6.07, 6.45) is 1.92. The quantitative estimate of drug-likeness (QED) is 0.534. The number of nitrogens with zero attached hydrogens (tertiary/aromatic N) is 3. The second-order valence-electron chi connectivity index (χ2n) is 7.94. The zero-order valence-electron chi connectivity index (χ0n) is 18.3. The summed E-state index contributed by atoms with van der Waals surface area (Å²) in [6, 6.07) is 18.9. The van der Waals surface area contributed by atoms with Gasteiger partial charge >= 0.3 is 6.03 Å². The minimum Gasteiger partial charge on any atom is -0.321 e. The predicted octanol–water partition coefficient (Wildman–Crippen LogP) is 4.78. The number of amides is 4. The van der Waals surface area contributed by atoms with Crippen LogP contribution in [0.3, 0.4) is 0 Å². The van der Waals surface area contributed by atoms with Gasteiger partial charge in [0.15, 0.2) is 0 Å². The molecule has 1 aliphatic rings. The van der Waals surface area contributed by atoms with Crippen LogP contribution in [0.15, 0.2) is 72.9 Å². The Morgan fingerprint density at radius 2 is 1.79 bits per heavy atom. The number of carbonyl (C=O) groups excluding carboxylic acids is 3. The maximum atomic E-state index is 13.5. The topological polar surface area (TPSA) is 82.6 Å². The van der Waals surface area contributed by atoms with E-state index in [1.807, 2.05) is 37.3 Å². The van der Waals surface area contributed by atoms with Gasteiger partial charge < -0.3 is 10.2 Å². The summed E-state index contributed by atoms with van der Waals surface area (Å²) in [6.45, 7) is 4.00. The molecule has 0 bridgehead atoms. The fraction of sp³-hybridized carbons (Fsp3) is 0.200. The third-order valence-corrected chi connectivity index (χ3v) is 6.04. The molecule has 2 heterocycles. The number of anilines is 2. The summed E-state index contributed by atoms with van der Waals surface area (Å²) in [5.41, 5.74) is 0.885. The molecule has 1 atom stereocenters. The number of imide groups is 1. The van der Waals surface area contributed by atoms with Gasteiger partial charge in [-0.25, -0.2) is 9.69 Å². The second kappa shape index (κ2) is 9.03. The first-order chi connectivity index (χ1) is 15.8. The standard InChI is InChI=1S/C25H23ClN4O3/c1-3-29-24(33)30(23(32)25(29,2)16-17-9-5-4-6-10-17)21-13-12-18(15-19(21)26)28-22(31)20-11-7-8-14-27-20/h4-15H,3,16H2,1-2H3,(H,28,31)/t25-/m0/s1. The molecule has 8 heteroatoms. The largest absolute Gasteiger partial charge is 0.332 e. The molecule has 33 heavy (non-hydrogen) atoms. The molecular weight excluding hydrogens is 440 g/mol. The SMILES string of the molecule is CCN1C(=O)N(c2ccc(NC(=O)c3ccccn3)cc2Cl)C(=O)[C@]1(C)Cc1ccccc1. The van der Waals surface area contributed by atoms with Crippen LogP contribution >= 0.6 is 11.6 Å². The summed E-state index contributed by atoms with van der Waals surface area (Å²) >= 11 is 6.48. The van der Waals surface area contributed by atoms with Gasteiger partial charge in [0.05, 0.1) is 10.7 Å². The lowest BCUT2D eigenvalue weighted by atomic mass is 9.91. The molecule has 7 nitrogen and oxygen atoms in total. The van der Waals surface area contributed by atoms with Crippen molar-refractivity contribution in [1.82, 2.24) is 9.88 Å². The van der Waals surface area contributed by atoms with E-state index >= 15 is 0 Å². The fourth-order valence-electron chi connectivity index (χ4n) is 4.09. The summed E-state index contributed by atoms with van der Waals surface area (Å²) in [5.74, 6) is -0.731. The van der Waals surface area contributed by atoms with Crippen LogP contribution in [0.25, 0.3) is 0 Å². The number of aromatic nitrogens is 1. The van der Waals surface area contributed by atoms with Gasteiger partial charge in [0.25, 0.3) is 11.8 Å². The Bertz CT molecular complexity index is 1200. The van der Waals surface area contributed by atoms with Gasteiger partial charge in [-0.2, -0.15) is 0 Å². The molecule has 168 valence electrons. The highest BCUT2D eigenvalue weighted by molar-refractivity contribution is 6.36. The Kier molecular flexibility index (Phi) is 6.16. The van der Waals surface area contributed by atoms with Crippen LogP contribution in [0.1, 0.15) is 29.9 Å². The minimum atomic E-state index is -1.04. The van der Waals surface area contributed by atoms with Crippen molar-refractivity contribution < 1.29 is 14.4 Å². The maximum absolute atomic E-state index is 13.5. The van der Waals surface area contributed by atoms with Crippen molar-refractivity contribution in [3.8, 4) is 0 Å². The first kappa shape index (κ1) is 22.5. The zero-order chi connectivity index (χ0) is 23.6. The molecule has 0 aliphatic carbocycles. The number of pyridine rings is 1. The molecule has 0 spiro atoms. The maximum Gasteiger partial charge on any atom is 0.332 e. The van der Waals surface area contributed by atoms with Crippen molar-refractivity contribution in [2.24, 2.45) is 0 Å². The number of hydrogen-bond donors (Lipinski definition) is 1. The number of likely N-dealkylation sites (N-methyl/N-ethyl adjacent to an activating group) is 1. The first-order valence-electron chi connectivity index (χ1n) is 10.6. The summed E-state index contributed by atoms with van der Waals surface area (Å²) < 4.78 is 0. The molecule has 0 saturated carbocycles. The summed E-state index contributed by atoms with van der Waals surface area (Å²) in [5, 5.41) is 2.90. The first-order valence-corrected chi connectivity index (χ1v) is 10.9. The Morgan fingerprint density at radius 3 is 2.42 bits per heavy atom. The fourth-order valence-corrected chi connectivity index (χ4v) is 4.36. The van der Waals surface area contributed by atoms with E-state index in [1.54, 1.807) is 42.2 Å². The van der Waals surface area contributed by atoms with Crippen LogP contribution in [-0.4, -0.2) is 39.8 Å². The van der Waals surface area contributed by atoms with Crippen molar-refractivity contribution in [3.05, 3.63) is 89.2 Å². The molecular formula is C25H23ClN4O3. The zero-order valence-corrected chi connectivity index (χ0v) is 19.0. The third-order valence-electron chi connectivity index (χ3n) is 5.73. The summed E-state index contributed by atoms with van der Waals surface area (Å²) in [7, 11) is 0. The molecule has 1 saturated heterocycles. The lowest BCUT2D eigenvalue weighted by Crippen LogP contribution is -2.48. The molecule has 0 radical (unpaired) electrons. The van der Waals surface area contributed by atoms with Crippen LogP contribution in [0.2, 0.25) is 5.02 Å². The van der Waals surface area contributed by atoms with E-state index < -0.39 is 11.6 Å². The Labute approximate surface area is 197 Å². The Hall–Kier alpha value is -3.71. The normalized spacial score (nSPS) is 18.0. The van der Waals surface area contributed by atoms with E-state index in [-0.39, 0.29) is 28.2 Å². The van der Waals surface area contributed by atoms with Crippen molar-refractivity contribution in [3.63, 3.8) is 0 Å². The third kappa shape index (κ3) is 4.19. The highest BCUT2D eigenvalue weighted by atomic mass is 35.5. The molecule has 4 rings (SSSR count). The van der Waals surface area contributed by atoms with Gasteiger partial charge in [0.2, 0.25) is 0 Å².